The van der Waals surface area contributed by atoms with Gasteiger partial charge in [-0.1, -0.05) is 23.7 Å². The molecule has 2 N–H and O–H groups in total. The molecule has 0 saturated carbocycles. The molecule has 3 aromatic rings. The van der Waals surface area contributed by atoms with Gasteiger partial charge in [0.25, 0.3) is 11.7 Å². The van der Waals surface area contributed by atoms with E-state index < -0.39 is 35.9 Å². The Morgan fingerprint density at radius 2 is 1.74 bits per heavy atom. The normalized spacial score (nSPS) is 11.3. The summed E-state index contributed by atoms with van der Waals surface area (Å²) in [4.78, 5) is 37.3. The molecule has 178 valence electrons. The van der Waals surface area contributed by atoms with E-state index in [9.17, 15) is 27.6 Å². The highest BCUT2D eigenvalue weighted by Gasteiger charge is 2.31. The molecule has 0 aliphatic carbocycles. The Morgan fingerprint density at radius 1 is 1.06 bits per heavy atom. The van der Waals surface area contributed by atoms with Gasteiger partial charge in [-0.15, -0.1) is 0 Å². The zero-order chi connectivity index (χ0) is 25.2. The Labute approximate surface area is 197 Å². The lowest BCUT2D eigenvalue weighted by Gasteiger charge is -2.11. The summed E-state index contributed by atoms with van der Waals surface area (Å²) in [6.45, 7) is 4.17. The molecule has 2 amide bonds. The molecule has 0 fully saturated rings. The number of ketones is 1. The molecule has 0 radical (unpaired) electrons. The third-order valence-corrected chi connectivity index (χ3v) is 5.50. The zero-order valence-electron chi connectivity index (χ0n) is 18.4. The Bertz CT molecular complexity index is 1280. The largest absolute Gasteiger partial charge is 0.416 e. The van der Waals surface area contributed by atoms with Crippen LogP contribution in [0.25, 0.3) is 5.69 Å². The molecular weight excluding hydrogens is 473 g/mol. The third-order valence-electron chi connectivity index (χ3n) is 5.09. The van der Waals surface area contributed by atoms with Crippen molar-refractivity contribution in [3.8, 4) is 5.69 Å². The van der Waals surface area contributed by atoms with Crippen LogP contribution in [-0.2, 0) is 15.8 Å². The van der Waals surface area contributed by atoms with Crippen LogP contribution in [-0.4, -0.2) is 33.9 Å². The van der Waals surface area contributed by atoms with Crippen LogP contribution in [0.5, 0.6) is 0 Å². The van der Waals surface area contributed by atoms with Gasteiger partial charge in [0.2, 0.25) is 5.91 Å². The second kappa shape index (κ2) is 9.68. The monoisotopic (exact) mass is 492 g/mol. The fourth-order valence-electron chi connectivity index (χ4n) is 3.33. The van der Waals surface area contributed by atoms with E-state index in [4.69, 9.17) is 11.6 Å². The average Bonchev–Trinajstić information content (AvgIpc) is 3.08. The second-order valence-corrected chi connectivity index (χ2v) is 7.89. The molecule has 2 aromatic carbocycles. The van der Waals surface area contributed by atoms with E-state index in [0.29, 0.717) is 16.3 Å². The molecule has 11 heteroatoms. The van der Waals surface area contributed by atoms with Gasteiger partial charge in [0.05, 0.1) is 34.7 Å². The van der Waals surface area contributed by atoms with Crippen LogP contribution in [0.4, 0.5) is 18.9 Å². The van der Waals surface area contributed by atoms with Crippen LogP contribution < -0.4 is 10.6 Å². The number of nitrogens with one attached hydrogen (secondary N) is 2. The van der Waals surface area contributed by atoms with Gasteiger partial charge < -0.3 is 10.6 Å². The smallest absolute Gasteiger partial charge is 0.340 e. The Morgan fingerprint density at radius 3 is 2.41 bits per heavy atom. The van der Waals surface area contributed by atoms with Gasteiger partial charge in [-0.2, -0.15) is 18.3 Å². The number of aryl methyl sites for hydroxylation is 1. The number of amides is 2. The highest BCUT2D eigenvalue weighted by atomic mass is 35.5. The van der Waals surface area contributed by atoms with Crippen LogP contribution in [0.1, 0.15) is 32.9 Å². The topological polar surface area (TPSA) is 93.1 Å². The molecule has 1 heterocycles. The Hall–Kier alpha value is -3.66. The number of Topliss-reactive ketones (excluding diaryl/α,β-unsaturated/α-hetero) is 1. The summed E-state index contributed by atoms with van der Waals surface area (Å²) < 4.78 is 40.3. The van der Waals surface area contributed by atoms with Crippen molar-refractivity contribution in [2.45, 2.75) is 26.9 Å². The molecule has 0 bridgehead atoms. The summed E-state index contributed by atoms with van der Waals surface area (Å²) in [5.74, 6) is -2.58. The molecule has 0 aliphatic heterocycles. The van der Waals surface area contributed by atoms with Crippen molar-refractivity contribution in [1.29, 1.82) is 0 Å². The standard InChI is InChI=1S/C23H20ClF3N4O3/c1-12-17(24)8-5-9-18(12)29-19(32)11-28-22(34)21(33)20-13(2)30-31(14(20)3)16-7-4-6-15(10-16)23(25,26)27/h4-10H,11H2,1-3H3,(H,28,34)(H,29,32). The molecule has 3 rings (SSSR count). The number of carbonyl (C=O) groups is 3. The van der Waals surface area contributed by atoms with Crippen molar-refractivity contribution < 1.29 is 27.6 Å². The number of anilines is 1. The van der Waals surface area contributed by atoms with E-state index in [1.807, 2.05) is 0 Å². The Balaban J connectivity index is 1.74. The Kier molecular flexibility index (Phi) is 7.11. The van der Waals surface area contributed by atoms with E-state index in [1.54, 1.807) is 25.1 Å². The lowest BCUT2D eigenvalue weighted by molar-refractivity contribution is -0.137. The summed E-state index contributed by atoms with van der Waals surface area (Å²) in [7, 11) is 0. The van der Waals surface area contributed by atoms with Crippen molar-refractivity contribution in [2.75, 3.05) is 11.9 Å². The van der Waals surface area contributed by atoms with Crippen LogP contribution in [0.3, 0.4) is 0 Å². The predicted molar refractivity (Wildman–Crippen MR) is 120 cm³/mol. The number of benzene rings is 2. The molecule has 0 aliphatic rings. The number of hydrogen-bond acceptors (Lipinski definition) is 4. The fraction of sp³-hybridized carbons (Fsp3) is 0.217. The molecule has 0 spiro atoms. The summed E-state index contributed by atoms with van der Waals surface area (Å²) in [6, 6.07) is 9.41. The van der Waals surface area contributed by atoms with Crippen LogP contribution >= 0.6 is 11.6 Å². The number of halogens is 4. The van der Waals surface area contributed by atoms with Gasteiger partial charge >= 0.3 is 6.18 Å². The number of aromatic nitrogens is 2. The lowest BCUT2D eigenvalue weighted by atomic mass is 10.1. The van der Waals surface area contributed by atoms with Crippen LogP contribution in [0, 0.1) is 20.8 Å². The van der Waals surface area contributed by atoms with Crippen molar-refractivity contribution >= 4 is 34.9 Å². The van der Waals surface area contributed by atoms with Crippen molar-refractivity contribution in [2.24, 2.45) is 0 Å². The third kappa shape index (κ3) is 5.28. The van der Waals surface area contributed by atoms with Gasteiger partial charge in [0.1, 0.15) is 0 Å². The minimum Gasteiger partial charge on any atom is -0.340 e. The second-order valence-electron chi connectivity index (χ2n) is 7.48. The van der Waals surface area contributed by atoms with E-state index in [0.717, 1.165) is 12.1 Å². The molecular formula is C23H20ClF3N4O3. The first-order valence-corrected chi connectivity index (χ1v) is 10.4. The van der Waals surface area contributed by atoms with Crippen LogP contribution in [0.2, 0.25) is 5.02 Å². The molecule has 1 aromatic heterocycles. The maximum absolute atomic E-state index is 13.1. The summed E-state index contributed by atoms with van der Waals surface area (Å²) >= 11 is 6.01. The summed E-state index contributed by atoms with van der Waals surface area (Å²) in [6.07, 6.45) is -4.55. The number of nitrogens with zero attached hydrogens (tertiary/aromatic N) is 2. The lowest BCUT2D eigenvalue weighted by Crippen LogP contribution is -2.37. The van der Waals surface area contributed by atoms with Crippen molar-refractivity contribution in [3.63, 3.8) is 0 Å². The van der Waals surface area contributed by atoms with Crippen LogP contribution in [0.15, 0.2) is 42.5 Å². The first-order chi connectivity index (χ1) is 15.9. The van der Waals surface area contributed by atoms with Gasteiger partial charge in [-0.25, -0.2) is 4.68 Å². The van der Waals surface area contributed by atoms with Gasteiger partial charge in [0.15, 0.2) is 0 Å². The minimum atomic E-state index is -4.55. The van der Waals surface area contributed by atoms with E-state index in [1.165, 1.54) is 30.7 Å². The minimum absolute atomic E-state index is 0.0546. The van der Waals surface area contributed by atoms with Gasteiger partial charge in [-0.3, -0.25) is 14.4 Å². The van der Waals surface area contributed by atoms with E-state index in [2.05, 4.69) is 15.7 Å². The molecule has 0 saturated heterocycles. The predicted octanol–water partition coefficient (Wildman–Crippen LogP) is 4.41. The highest BCUT2D eigenvalue weighted by molar-refractivity contribution is 6.43. The maximum atomic E-state index is 13.1. The number of alkyl halides is 3. The summed E-state index contributed by atoms with van der Waals surface area (Å²) in [5, 5.41) is 9.43. The maximum Gasteiger partial charge on any atom is 0.416 e. The van der Waals surface area contributed by atoms with Crippen molar-refractivity contribution in [3.05, 3.63) is 75.6 Å². The zero-order valence-corrected chi connectivity index (χ0v) is 19.1. The molecule has 0 atom stereocenters. The number of hydrogen-bond donors (Lipinski definition) is 2. The van der Waals surface area contributed by atoms with E-state index >= 15 is 0 Å². The number of rotatable bonds is 6. The van der Waals surface area contributed by atoms with Crippen molar-refractivity contribution in [1.82, 2.24) is 15.1 Å². The fourth-order valence-corrected chi connectivity index (χ4v) is 3.50. The molecule has 0 unspecified atom stereocenters. The van der Waals surface area contributed by atoms with Gasteiger partial charge in [0, 0.05) is 10.7 Å². The van der Waals surface area contributed by atoms with Gasteiger partial charge in [-0.05, 0) is 56.7 Å². The highest BCUT2D eigenvalue weighted by Crippen LogP contribution is 2.31. The molecule has 34 heavy (non-hydrogen) atoms. The first-order valence-electron chi connectivity index (χ1n) is 10.0. The summed E-state index contributed by atoms with van der Waals surface area (Å²) in [5.41, 5.74) is 0.627. The van der Waals surface area contributed by atoms with E-state index in [-0.39, 0.29) is 22.6 Å². The average molecular weight is 493 g/mol. The first kappa shape index (κ1) is 25.0. The SMILES string of the molecule is Cc1nn(-c2cccc(C(F)(F)F)c2)c(C)c1C(=O)C(=O)NCC(=O)Nc1cccc(Cl)c1C. The number of carbonyl (C=O) groups excluding carboxylic acids is 3. The molecule has 7 nitrogen and oxygen atoms in total. The quantitative estimate of drug-likeness (QED) is 0.394.